The molecule has 4 atom stereocenters. The van der Waals surface area contributed by atoms with Gasteiger partial charge in [0.1, 0.15) is 12.6 Å². The molecule has 0 aliphatic heterocycles. The van der Waals surface area contributed by atoms with Gasteiger partial charge in [-0.15, -0.1) is 0 Å². The Labute approximate surface area is 354 Å². The van der Waals surface area contributed by atoms with Gasteiger partial charge in [0.25, 0.3) is 0 Å². The van der Waals surface area contributed by atoms with E-state index >= 15 is 0 Å². The zero-order valence-electron chi connectivity index (χ0n) is 35.7. The third-order valence-corrected chi connectivity index (χ3v) is 9.37. The van der Waals surface area contributed by atoms with E-state index in [1.165, 1.54) is 19.3 Å². The molecule has 0 fully saturated rings. The molecule has 334 valence electrons. The first kappa shape index (κ1) is 55.4. The van der Waals surface area contributed by atoms with Crippen LogP contribution >= 0.6 is 7.82 Å². The standard InChI is InChI=1S/C46H74NO11P/c1-3-5-7-9-11-13-15-17-18-19-20-22-24-26-28-30-32-36-44(49)55-38-42(39-56-59(53,54)57-40-43(47)46(51)52)58-45(50)37-33-35-41(48)34-31-29-27-25-23-21-16-14-12-10-8-6-4-2/h6,8,11-14,17-18,20-23,27,29,31,34,41-43,48H,3-5,7,9-10,15-16,19,24-26,28,30,32-33,35-40,47H2,1-2H3,(H,51,52)(H,53,54)/b8-6-,13-11-,14-12-,18-17-,22-20-,23-21-,29-27-,34-31+/t41?,42-,43+/m1/s1. The van der Waals surface area contributed by atoms with Gasteiger partial charge in [-0.1, -0.05) is 137 Å². The molecule has 0 heterocycles. The van der Waals surface area contributed by atoms with Gasteiger partial charge in [0.2, 0.25) is 0 Å². The molecule has 12 nitrogen and oxygen atoms in total. The lowest BCUT2D eigenvalue weighted by atomic mass is 10.1. The van der Waals surface area contributed by atoms with Gasteiger partial charge in [0.05, 0.1) is 19.3 Å². The molecule has 0 rings (SSSR count). The summed E-state index contributed by atoms with van der Waals surface area (Å²) in [5, 5.41) is 19.2. The Morgan fingerprint density at radius 2 is 1.15 bits per heavy atom. The molecule has 0 aromatic heterocycles. The van der Waals surface area contributed by atoms with E-state index in [9.17, 15) is 28.9 Å². The molecular weight excluding hydrogens is 773 g/mol. The Hall–Kier alpha value is -3.64. The van der Waals surface area contributed by atoms with Crippen LogP contribution in [0.4, 0.5) is 0 Å². The van der Waals surface area contributed by atoms with Gasteiger partial charge in [-0.25, -0.2) is 4.57 Å². The van der Waals surface area contributed by atoms with Crippen molar-refractivity contribution in [3.8, 4) is 0 Å². The van der Waals surface area contributed by atoms with Crippen LogP contribution in [0.1, 0.15) is 136 Å². The van der Waals surface area contributed by atoms with Crippen LogP contribution in [0.15, 0.2) is 97.2 Å². The quantitative estimate of drug-likeness (QED) is 0.0151. The third kappa shape index (κ3) is 39.6. The number of hydrogen-bond donors (Lipinski definition) is 4. The summed E-state index contributed by atoms with van der Waals surface area (Å²) in [6.45, 7) is 2.41. The van der Waals surface area contributed by atoms with Gasteiger partial charge in [0.15, 0.2) is 6.10 Å². The predicted octanol–water partition coefficient (Wildman–Crippen LogP) is 10.2. The van der Waals surface area contributed by atoms with Crippen LogP contribution in [-0.4, -0.2) is 71.1 Å². The number of hydrogen-bond acceptors (Lipinski definition) is 10. The second-order valence-corrected chi connectivity index (χ2v) is 15.4. The zero-order chi connectivity index (χ0) is 43.7. The highest BCUT2D eigenvalue weighted by Crippen LogP contribution is 2.43. The fourth-order valence-corrected chi connectivity index (χ4v) is 5.82. The number of allylic oxidation sites excluding steroid dienone is 15. The highest BCUT2D eigenvalue weighted by atomic mass is 31.2. The van der Waals surface area contributed by atoms with E-state index in [2.05, 4.69) is 91.3 Å². The number of aliphatic hydroxyl groups excluding tert-OH is 1. The average molecular weight is 848 g/mol. The number of rotatable bonds is 38. The predicted molar refractivity (Wildman–Crippen MR) is 236 cm³/mol. The molecule has 0 amide bonds. The maximum atomic E-state index is 12.6. The van der Waals surface area contributed by atoms with Crippen molar-refractivity contribution in [1.82, 2.24) is 0 Å². The first-order valence-corrected chi connectivity index (χ1v) is 22.9. The van der Waals surface area contributed by atoms with E-state index in [1.54, 1.807) is 12.2 Å². The number of carbonyl (C=O) groups excluding carboxylic acids is 2. The first-order chi connectivity index (χ1) is 28.5. The number of aliphatic hydroxyl groups is 1. The molecule has 2 unspecified atom stereocenters. The van der Waals surface area contributed by atoms with Crippen molar-refractivity contribution in [3.63, 3.8) is 0 Å². The minimum Gasteiger partial charge on any atom is -0.480 e. The van der Waals surface area contributed by atoms with Crippen molar-refractivity contribution in [1.29, 1.82) is 0 Å². The van der Waals surface area contributed by atoms with Crippen molar-refractivity contribution in [3.05, 3.63) is 97.2 Å². The van der Waals surface area contributed by atoms with Crippen LogP contribution in [0.25, 0.3) is 0 Å². The van der Waals surface area contributed by atoms with E-state index < -0.39 is 63.8 Å². The molecule has 0 aliphatic carbocycles. The summed E-state index contributed by atoms with van der Waals surface area (Å²) in [5.74, 6) is -2.65. The van der Waals surface area contributed by atoms with Gasteiger partial charge in [0, 0.05) is 12.8 Å². The molecular formula is C46H74NO11P. The minimum atomic E-state index is -4.78. The van der Waals surface area contributed by atoms with Gasteiger partial charge in [-0.3, -0.25) is 23.4 Å². The Balaban J connectivity index is 4.64. The average Bonchev–Trinajstić information content (AvgIpc) is 3.20. The summed E-state index contributed by atoms with van der Waals surface area (Å²) in [5.41, 5.74) is 5.32. The maximum Gasteiger partial charge on any atom is 0.472 e. The Morgan fingerprint density at radius 1 is 0.627 bits per heavy atom. The van der Waals surface area contributed by atoms with Crippen LogP contribution in [0.5, 0.6) is 0 Å². The lowest BCUT2D eigenvalue weighted by Crippen LogP contribution is -2.34. The Bertz CT molecular complexity index is 1380. The first-order valence-electron chi connectivity index (χ1n) is 21.4. The maximum absolute atomic E-state index is 12.6. The van der Waals surface area contributed by atoms with Gasteiger partial charge >= 0.3 is 25.7 Å². The summed E-state index contributed by atoms with van der Waals surface area (Å²) in [7, 11) is -4.78. The highest BCUT2D eigenvalue weighted by molar-refractivity contribution is 7.47. The third-order valence-electron chi connectivity index (χ3n) is 8.42. The van der Waals surface area contributed by atoms with Gasteiger partial charge in [-0.2, -0.15) is 0 Å². The van der Waals surface area contributed by atoms with E-state index in [-0.39, 0.29) is 25.7 Å². The number of carboxylic acids is 1. The molecule has 0 saturated heterocycles. The minimum absolute atomic E-state index is 0.0805. The number of nitrogens with two attached hydrogens (primary N) is 1. The van der Waals surface area contributed by atoms with Crippen molar-refractivity contribution in [2.24, 2.45) is 5.73 Å². The summed E-state index contributed by atoms with van der Waals surface area (Å²) in [4.78, 5) is 46.0. The normalized spacial score (nSPS) is 15.2. The number of unbranched alkanes of at least 4 members (excludes halogenated alkanes) is 7. The highest BCUT2D eigenvalue weighted by Gasteiger charge is 2.28. The molecule has 0 aromatic carbocycles. The van der Waals surface area contributed by atoms with Gasteiger partial charge in [-0.05, 0) is 83.5 Å². The lowest BCUT2D eigenvalue weighted by molar-refractivity contribution is -0.161. The number of carboxylic acid groups (broad SMARTS) is 1. The van der Waals surface area contributed by atoms with E-state index in [4.69, 9.17) is 24.8 Å². The van der Waals surface area contributed by atoms with Crippen LogP contribution in [0.2, 0.25) is 0 Å². The second kappa shape index (κ2) is 39.8. The summed E-state index contributed by atoms with van der Waals surface area (Å²) < 4.78 is 32.5. The lowest BCUT2D eigenvalue weighted by Gasteiger charge is -2.20. The molecule has 0 aliphatic rings. The second-order valence-electron chi connectivity index (χ2n) is 13.9. The summed E-state index contributed by atoms with van der Waals surface area (Å²) >= 11 is 0. The molecule has 0 saturated carbocycles. The number of ether oxygens (including phenoxy) is 2. The van der Waals surface area contributed by atoms with Crippen LogP contribution in [0.3, 0.4) is 0 Å². The number of esters is 2. The molecule has 0 aromatic rings. The van der Waals surface area contributed by atoms with E-state index in [0.29, 0.717) is 6.42 Å². The Morgan fingerprint density at radius 3 is 1.75 bits per heavy atom. The summed E-state index contributed by atoms with van der Waals surface area (Å²) in [6.07, 6.45) is 46.4. The molecule has 0 spiro atoms. The SMILES string of the molecule is CC/C=C\C/C=C\C/C=C\C/C=C\C=C\C(O)CCCC(=O)O[C@H](COC(=O)CCCCCC/C=C\C/C=C\C/C=C\CCCCC)COP(=O)(O)OC[C@H](N)C(=O)O. The molecule has 13 heteroatoms. The number of phosphoric ester groups is 1. The van der Waals surface area contributed by atoms with Crippen molar-refractivity contribution >= 4 is 25.7 Å². The molecule has 0 radical (unpaired) electrons. The topological polar surface area (TPSA) is 192 Å². The molecule has 5 N–H and O–H groups in total. The number of carbonyl (C=O) groups is 3. The fraction of sp³-hybridized carbons (Fsp3) is 0.587. The van der Waals surface area contributed by atoms with E-state index in [1.807, 2.05) is 12.2 Å². The fourth-order valence-electron chi connectivity index (χ4n) is 5.04. The smallest absolute Gasteiger partial charge is 0.472 e. The van der Waals surface area contributed by atoms with Crippen LogP contribution in [0, 0.1) is 0 Å². The van der Waals surface area contributed by atoms with Crippen molar-refractivity contribution in [2.45, 2.75) is 154 Å². The molecule has 59 heavy (non-hydrogen) atoms. The summed E-state index contributed by atoms with van der Waals surface area (Å²) in [6, 6.07) is -1.56. The van der Waals surface area contributed by atoms with Crippen LogP contribution in [-0.2, 0) is 37.5 Å². The van der Waals surface area contributed by atoms with Gasteiger partial charge < -0.3 is 30.3 Å². The van der Waals surface area contributed by atoms with Crippen molar-refractivity contribution < 1.29 is 52.6 Å². The monoisotopic (exact) mass is 847 g/mol. The number of phosphoric acid groups is 1. The number of aliphatic carboxylic acids is 1. The molecule has 0 bridgehead atoms. The largest absolute Gasteiger partial charge is 0.480 e. The van der Waals surface area contributed by atoms with E-state index in [0.717, 1.165) is 70.6 Å². The van der Waals surface area contributed by atoms with Crippen molar-refractivity contribution in [2.75, 3.05) is 19.8 Å². The Kier molecular flexibility index (Phi) is 37.3. The zero-order valence-corrected chi connectivity index (χ0v) is 36.6. The van der Waals surface area contributed by atoms with Crippen LogP contribution < -0.4 is 5.73 Å².